The monoisotopic (exact) mass is 413 g/mol. The first-order valence-corrected chi connectivity index (χ1v) is 7.80. The number of rotatable bonds is 6. The molecule has 20 heavy (non-hydrogen) atoms. The maximum atomic E-state index is 11.0. The molecule has 1 aromatic rings. The quantitative estimate of drug-likeness (QED) is 0.416. The summed E-state index contributed by atoms with van der Waals surface area (Å²) in [6.45, 7) is 0.601. The molecule has 0 atom stereocenters. The Labute approximate surface area is 136 Å². The van der Waals surface area contributed by atoms with Crippen LogP contribution in [0.4, 0.5) is 5.69 Å². The van der Waals surface area contributed by atoms with Crippen molar-refractivity contribution in [2.75, 3.05) is 31.0 Å². The van der Waals surface area contributed by atoms with Crippen molar-refractivity contribution >= 4 is 45.5 Å². The number of hydrogen-bond donors (Lipinski definition) is 2. The normalized spacial score (nSPS) is 11.8. The van der Waals surface area contributed by atoms with Gasteiger partial charge in [0.25, 0.3) is 0 Å². The smallest absolute Gasteiger partial charge is 0.193 e. The Morgan fingerprint density at radius 1 is 1.40 bits per heavy atom. The number of guanidine groups is 1. The molecule has 0 radical (unpaired) electrons. The van der Waals surface area contributed by atoms with E-state index in [1.165, 1.54) is 6.26 Å². The summed E-state index contributed by atoms with van der Waals surface area (Å²) >= 11 is 0. The molecule has 0 fully saturated rings. The standard InChI is InChI=1S/C12H19N3O3S.HI/c1-18-9-10-5-3-4-6-11(10)15-12(13)14-7-8-19(2,16)17;/h3-6H,7-9H2,1-2H3,(H3,13,14,15);1H. The lowest BCUT2D eigenvalue weighted by Crippen LogP contribution is -2.24. The highest BCUT2D eigenvalue weighted by molar-refractivity contribution is 14.0. The van der Waals surface area contributed by atoms with Crippen LogP contribution in [0.15, 0.2) is 29.3 Å². The molecular formula is C12H20IN3O3S. The largest absolute Gasteiger partial charge is 0.380 e. The Kier molecular flexibility index (Phi) is 8.74. The maximum Gasteiger partial charge on any atom is 0.193 e. The number of benzene rings is 1. The van der Waals surface area contributed by atoms with Gasteiger partial charge in [0.2, 0.25) is 0 Å². The number of nitrogens with zero attached hydrogens (tertiary/aromatic N) is 1. The molecule has 1 aromatic carbocycles. The summed E-state index contributed by atoms with van der Waals surface area (Å²) in [5, 5.41) is 2.93. The molecule has 0 amide bonds. The van der Waals surface area contributed by atoms with Crippen molar-refractivity contribution in [2.24, 2.45) is 10.7 Å². The number of halogens is 1. The summed E-state index contributed by atoms with van der Waals surface area (Å²) in [5.74, 6) is 0.168. The van der Waals surface area contributed by atoms with E-state index < -0.39 is 9.84 Å². The van der Waals surface area contributed by atoms with Crippen LogP contribution in [-0.2, 0) is 21.2 Å². The van der Waals surface area contributed by atoms with Gasteiger partial charge in [-0.05, 0) is 6.07 Å². The first-order chi connectivity index (χ1) is 8.92. The highest BCUT2D eigenvalue weighted by atomic mass is 127. The van der Waals surface area contributed by atoms with Crippen LogP contribution < -0.4 is 11.1 Å². The summed E-state index contributed by atoms with van der Waals surface area (Å²) in [6, 6.07) is 7.53. The Bertz CT molecular complexity index is 547. The van der Waals surface area contributed by atoms with Crippen LogP contribution in [0.5, 0.6) is 0 Å². The van der Waals surface area contributed by atoms with Crippen LogP contribution in [-0.4, -0.2) is 40.0 Å². The van der Waals surface area contributed by atoms with Gasteiger partial charge in [0.1, 0.15) is 9.84 Å². The topological polar surface area (TPSA) is 93.8 Å². The number of aliphatic imine (C=N–C) groups is 1. The van der Waals surface area contributed by atoms with E-state index in [2.05, 4.69) is 10.3 Å². The predicted octanol–water partition coefficient (Wildman–Crippen LogP) is 1.22. The molecule has 0 heterocycles. The first-order valence-electron chi connectivity index (χ1n) is 5.74. The molecule has 0 unspecified atom stereocenters. The fraction of sp³-hybridized carbons (Fsp3) is 0.417. The summed E-state index contributed by atoms with van der Waals surface area (Å²) in [6.07, 6.45) is 1.17. The van der Waals surface area contributed by atoms with E-state index in [-0.39, 0.29) is 42.2 Å². The average Bonchev–Trinajstić information content (AvgIpc) is 2.30. The van der Waals surface area contributed by atoms with Crippen molar-refractivity contribution in [1.29, 1.82) is 0 Å². The van der Waals surface area contributed by atoms with Crippen molar-refractivity contribution < 1.29 is 13.2 Å². The van der Waals surface area contributed by atoms with Crippen molar-refractivity contribution in [3.05, 3.63) is 29.8 Å². The van der Waals surface area contributed by atoms with Gasteiger partial charge in [0.05, 0.1) is 18.9 Å². The van der Waals surface area contributed by atoms with Crippen LogP contribution in [0.3, 0.4) is 0 Å². The van der Waals surface area contributed by atoms with Crippen LogP contribution >= 0.6 is 24.0 Å². The lowest BCUT2D eigenvalue weighted by Gasteiger charge is -2.10. The minimum atomic E-state index is -3.02. The van der Waals surface area contributed by atoms with E-state index >= 15 is 0 Å². The molecule has 8 heteroatoms. The molecule has 0 aliphatic rings. The van der Waals surface area contributed by atoms with E-state index in [0.29, 0.717) is 6.61 Å². The number of para-hydroxylation sites is 1. The van der Waals surface area contributed by atoms with Gasteiger partial charge in [-0.15, -0.1) is 24.0 Å². The molecule has 6 nitrogen and oxygen atoms in total. The van der Waals surface area contributed by atoms with E-state index in [0.717, 1.165) is 11.3 Å². The van der Waals surface area contributed by atoms with E-state index in [1.54, 1.807) is 7.11 Å². The van der Waals surface area contributed by atoms with Crippen LogP contribution in [0, 0.1) is 0 Å². The molecule has 0 aliphatic heterocycles. The molecule has 3 N–H and O–H groups in total. The fourth-order valence-corrected chi connectivity index (χ4v) is 1.86. The number of nitrogens with two attached hydrogens (primary N) is 1. The van der Waals surface area contributed by atoms with Gasteiger partial charge in [0.15, 0.2) is 5.96 Å². The minimum Gasteiger partial charge on any atom is -0.380 e. The van der Waals surface area contributed by atoms with Gasteiger partial charge in [-0.2, -0.15) is 0 Å². The van der Waals surface area contributed by atoms with Crippen molar-refractivity contribution in [2.45, 2.75) is 6.61 Å². The first kappa shape index (κ1) is 19.1. The third-order valence-electron chi connectivity index (χ3n) is 2.32. The van der Waals surface area contributed by atoms with Gasteiger partial charge in [0, 0.05) is 24.6 Å². The molecule has 0 saturated carbocycles. The highest BCUT2D eigenvalue weighted by Crippen LogP contribution is 2.15. The number of hydrogen-bond acceptors (Lipinski definition) is 4. The third-order valence-corrected chi connectivity index (χ3v) is 3.25. The Morgan fingerprint density at radius 3 is 2.65 bits per heavy atom. The molecular weight excluding hydrogens is 393 g/mol. The molecule has 0 saturated heterocycles. The third kappa shape index (κ3) is 7.65. The number of ether oxygens (including phenoxy) is 1. The van der Waals surface area contributed by atoms with Gasteiger partial charge in [-0.3, -0.25) is 4.99 Å². The summed E-state index contributed by atoms with van der Waals surface area (Å²) in [7, 11) is -1.41. The summed E-state index contributed by atoms with van der Waals surface area (Å²) in [4.78, 5) is 3.97. The van der Waals surface area contributed by atoms with Crippen molar-refractivity contribution in [1.82, 2.24) is 0 Å². The average molecular weight is 413 g/mol. The van der Waals surface area contributed by atoms with Gasteiger partial charge in [-0.25, -0.2) is 8.42 Å². The fourth-order valence-electron chi connectivity index (χ4n) is 1.43. The highest BCUT2D eigenvalue weighted by Gasteiger charge is 2.03. The van der Waals surface area contributed by atoms with E-state index in [9.17, 15) is 8.42 Å². The maximum absolute atomic E-state index is 11.0. The lowest BCUT2D eigenvalue weighted by molar-refractivity contribution is 0.185. The van der Waals surface area contributed by atoms with Crippen molar-refractivity contribution in [3.8, 4) is 0 Å². The minimum absolute atomic E-state index is 0. The summed E-state index contributed by atoms with van der Waals surface area (Å²) < 4.78 is 27.0. The number of methoxy groups -OCH3 is 1. The summed E-state index contributed by atoms with van der Waals surface area (Å²) in [5.41, 5.74) is 7.45. The van der Waals surface area contributed by atoms with Crippen LogP contribution in [0.2, 0.25) is 0 Å². The second-order valence-electron chi connectivity index (χ2n) is 4.11. The number of anilines is 1. The zero-order valence-corrected chi connectivity index (χ0v) is 14.6. The number of nitrogens with one attached hydrogen (secondary N) is 1. The van der Waals surface area contributed by atoms with Gasteiger partial charge < -0.3 is 15.8 Å². The molecule has 0 spiro atoms. The lowest BCUT2D eigenvalue weighted by atomic mass is 10.2. The van der Waals surface area contributed by atoms with Crippen molar-refractivity contribution in [3.63, 3.8) is 0 Å². The predicted molar refractivity (Wildman–Crippen MR) is 92.4 cm³/mol. The Morgan fingerprint density at radius 2 is 2.05 bits per heavy atom. The molecule has 1 rings (SSSR count). The second kappa shape index (κ2) is 9.14. The SMILES string of the molecule is COCc1ccccc1NC(N)=NCCS(C)(=O)=O.I. The van der Waals surface area contributed by atoms with Gasteiger partial charge >= 0.3 is 0 Å². The Balaban J connectivity index is 0.00000361. The van der Waals surface area contributed by atoms with E-state index in [4.69, 9.17) is 10.5 Å². The van der Waals surface area contributed by atoms with Gasteiger partial charge in [-0.1, -0.05) is 18.2 Å². The molecule has 114 valence electrons. The Hall–Kier alpha value is -0.870. The molecule has 0 aromatic heterocycles. The zero-order valence-electron chi connectivity index (χ0n) is 11.5. The van der Waals surface area contributed by atoms with Crippen LogP contribution in [0.25, 0.3) is 0 Å². The van der Waals surface area contributed by atoms with Crippen LogP contribution in [0.1, 0.15) is 5.56 Å². The second-order valence-corrected chi connectivity index (χ2v) is 6.37. The molecule has 0 aliphatic carbocycles. The number of sulfone groups is 1. The van der Waals surface area contributed by atoms with E-state index in [1.807, 2.05) is 24.3 Å². The molecule has 0 bridgehead atoms. The zero-order chi connectivity index (χ0) is 14.3.